The van der Waals surface area contributed by atoms with E-state index in [-0.39, 0.29) is 23.2 Å². The second kappa shape index (κ2) is 9.87. The van der Waals surface area contributed by atoms with E-state index in [4.69, 9.17) is 9.84 Å². The van der Waals surface area contributed by atoms with Crippen LogP contribution in [0.25, 0.3) is 10.6 Å². The summed E-state index contributed by atoms with van der Waals surface area (Å²) < 4.78 is 37.1. The number of benzene rings is 1. The summed E-state index contributed by atoms with van der Waals surface area (Å²) in [5.74, 6) is -2.22. The lowest BCUT2D eigenvalue weighted by Crippen LogP contribution is -2.21. The van der Waals surface area contributed by atoms with Crippen LogP contribution in [0.3, 0.4) is 0 Å². The van der Waals surface area contributed by atoms with E-state index < -0.39 is 17.3 Å². The van der Waals surface area contributed by atoms with Crippen molar-refractivity contribution in [3.05, 3.63) is 52.7 Å². The number of nitrogens with zero attached hydrogens (tertiary/aromatic N) is 2. The summed E-state index contributed by atoms with van der Waals surface area (Å²) in [6.45, 7) is 4.50. The molecule has 0 spiro atoms. The van der Waals surface area contributed by atoms with Gasteiger partial charge in [-0.05, 0) is 43.2 Å². The predicted octanol–water partition coefficient (Wildman–Crippen LogP) is 6.99. The molecule has 1 aliphatic carbocycles. The Hall–Kier alpha value is -2.72. The van der Waals surface area contributed by atoms with Gasteiger partial charge in [0, 0.05) is 41.1 Å². The first-order chi connectivity index (χ1) is 16.2. The molecule has 1 saturated carbocycles. The van der Waals surface area contributed by atoms with Crippen LogP contribution in [0.4, 0.5) is 14.5 Å². The van der Waals surface area contributed by atoms with Crippen LogP contribution in [0.15, 0.2) is 34.8 Å². The number of carboxylic acids is 1. The van der Waals surface area contributed by atoms with Crippen LogP contribution in [0.1, 0.15) is 61.5 Å². The third kappa shape index (κ3) is 5.33. The van der Waals surface area contributed by atoms with E-state index in [0.29, 0.717) is 26.7 Å². The molecule has 1 aromatic carbocycles. The average molecular weight is 506 g/mol. The number of aromatic carboxylic acids is 1. The van der Waals surface area contributed by atoms with Gasteiger partial charge in [0.25, 0.3) is 0 Å². The van der Waals surface area contributed by atoms with E-state index in [1.165, 1.54) is 24.5 Å². The minimum Gasteiger partial charge on any atom is -0.495 e. The van der Waals surface area contributed by atoms with Gasteiger partial charge in [0.05, 0.1) is 24.1 Å². The Morgan fingerprint density at radius 2 is 1.97 bits per heavy atom. The number of pyridine rings is 1. The number of halogens is 2. The number of hydrogen-bond acceptors (Lipinski definition) is 7. The summed E-state index contributed by atoms with van der Waals surface area (Å²) in [5, 5.41) is 12.1. The summed E-state index contributed by atoms with van der Waals surface area (Å²) in [4.78, 5) is 20.1. The van der Waals surface area contributed by atoms with Crippen molar-refractivity contribution in [2.75, 3.05) is 11.8 Å². The Bertz CT molecular complexity index is 1210. The van der Waals surface area contributed by atoms with Crippen molar-refractivity contribution in [3.8, 4) is 16.3 Å². The molecule has 2 aromatic heterocycles. The summed E-state index contributed by atoms with van der Waals surface area (Å²) in [6, 6.07) is 3.68. The average Bonchev–Trinajstić information content (AvgIpc) is 3.27. The standard InChI is InChI=1S/C24H25F2N3O3S2/c1-24(2)6-4-13(5-7-24)21-17(26)8-14(11-27-21)22-28-20(12-33-22)34-29-18-10-16(25)15(23(30)31)9-19(18)32-3/h8-13,29H,4-7H2,1-3H3,(H,30,31). The van der Waals surface area contributed by atoms with Gasteiger partial charge in [0.1, 0.15) is 27.4 Å². The maximum Gasteiger partial charge on any atom is 0.338 e. The molecule has 0 radical (unpaired) electrons. The van der Waals surface area contributed by atoms with Crippen molar-refractivity contribution in [1.82, 2.24) is 9.97 Å². The number of aromatic nitrogens is 2. The van der Waals surface area contributed by atoms with E-state index in [1.54, 1.807) is 11.6 Å². The third-order valence-electron chi connectivity index (χ3n) is 6.11. The monoisotopic (exact) mass is 505 g/mol. The number of carbonyl (C=O) groups is 1. The molecule has 2 heterocycles. The van der Waals surface area contributed by atoms with Gasteiger partial charge in [-0.25, -0.2) is 18.6 Å². The van der Waals surface area contributed by atoms with Crippen LogP contribution in [-0.4, -0.2) is 28.2 Å². The SMILES string of the molecule is COc1cc(C(=O)O)c(F)cc1NSc1csc(-c2cnc(C3CCC(C)(C)CC3)c(F)c2)n1. The molecule has 34 heavy (non-hydrogen) atoms. The van der Waals surface area contributed by atoms with Crippen molar-refractivity contribution < 1.29 is 23.4 Å². The van der Waals surface area contributed by atoms with Crippen LogP contribution < -0.4 is 9.46 Å². The van der Waals surface area contributed by atoms with Gasteiger partial charge < -0.3 is 14.6 Å². The summed E-state index contributed by atoms with van der Waals surface area (Å²) >= 11 is 2.46. The van der Waals surface area contributed by atoms with Crippen molar-refractivity contribution >= 4 is 34.9 Å². The lowest BCUT2D eigenvalue weighted by molar-refractivity contribution is 0.0691. The molecule has 0 bridgehead atoms. The summed E-state index contributed by atoms with van der Waals surface area (Å²) in [6.07, 6.45) is 5.68. The molecular weight excluding hydrogens is 480 g/mol. The Morgan fingerprint density at radius 1 is 1.24 bits per heavy atom. The fraction of sp³-hybridized carbons (Fsp3) is 0.375. The molecule has 0 atom stereocenters. The predicted molar refractivity (Wildman–Crippen MR) is 130 cm³/mol. The van der Waals surface area contributed by atoms with Gasteiger partial charge in [0.2, 0.25) is 0 Å². The zero-order valence-electron chi connectivity index (χ0n) is 19.0. The topological polar surface area (TPSA) is 84.3 Å². The van der Waals surface area contributed by atoms with E-state index in [1.807, 2.05) is 0 Å². The highest BCUT2D eigenvalue weighted by Gasteiger charge is 2.30. The Kier molecular flexibility index (Phi) is 7.09. The highest BCUT2D eigenvalue weighted by atomic mass is 32.2. The highest BCUT2D eigenvalue weighted by Crippen LogP contribution is 2.43. The fourth-order valence-electron chi connectivity index (χ4n) is 4.05. The number of hydrogen-bond donors (Lipinski definition) is 2. The van der Waals surface area contributed by atoms with Crippen LogP contribution in [-0.2, 0) is 0 Å². The Balaban J connectivity index is 1.45. The number of carboxylic acid groups (broad SMARTS) is 1. The van der Waals surface area contributed by atoms with E-state index in [9.17, 15) is 13.6 Å². The number of thiazole rings is 1. The zero-order valence-corrected chi connectivity index (χ0v) is 20.7. The maximum atomic E-state index is 14.9. The van der Waals surface area contributed by atoms with Gasteiger partial charge in [-0.2, -0.15) is 0 Å². The largest absolute Gasteiger partial charge is 0.495 e. The second-order valence-electron chi connectivity index (χ2n) is 9.06. The first-order valence-electron chi connectivity index (χ1n) is 10.8. The Labute approximate surface area is 204 Å². The van der Waals surface area contributed by atoms with E-state index in [2.05, 4.69) is 28.5 Å². The maximum absolute atomic E-state index is 14.9. The summed E-state index contributed by atoms with van der Waals surface area (Å²) in [5.41, 5.74) is 1.24. The van der Waals surface area contributed by atoms with Crippen molar-refractivity contribution in [2.45, 2.75) is 50.5 Å². The molecule has 180 valence electrons. The second-order valence-corrected chi connectivity index (χ2v) is 10.7. The molecular formula is C24H25F2N3O3S2. The minimum absolute atomic E-state index is 0.150. The minimum atomic E-state index is -1.38. The molecule has 6 nitrogen and oxygen atoms in total. The van der Waals surface area contributed by atoms with Gasteiger partial charge in [-0.1, -0.05) is 13.8 Å². The van der Waals surface area contributed by atoms with E-state index in [0.717, 1.165) is 49.8 Å². The number of ether oxygens (including phenoxy) is 1. The number of anilines is 1. The van der Waals surface area contributed by atoms with Crippen LogP contribution in [0.2, 0.25) is 0 Å². The molecule has 3 aromatic rings. The molecule has 0 amide bonds. The van der Waals surface area contributed by atoms with Crippen molar-refractivity contribution in [1.29, 1.82) is 0 Å². The number of methoxy groups -OCH3 is 1. The zero-order chi connectivity index (χ0) is 24.5. The van der Waals surface area contributed by atoms with Crippen LogP contribution in [0, 0.1) is 17.0 Å². The van der Waals surface area contributed by atoms with Gasteiger partial charge in [-0.3, -0.25) is 4.98 Å². The highest BCUT2D eigenvalue weighted by molar-refractivity contribution is 8.00. The summed E-state index contributed by atoms with van der Waals surface area (Å²) in [7, 11) is 1.37. The van der Waals surface area contributed by atoms with Crippen molar-refractivity contribution in [2.24, 2.45) is 5.41 Å². The number of rotatable bonds is 7. The smallest absolute Gasteiger partial charge is 0.338 e. The van der Waals surface area contributed by atoms with E-state index >= 15 is 0 Å². The first-order valence-corrected chi connectivity index (χ1v) is 12.5. The van der Waals surface area contributed by atoms with Crippen LogP contribution >= 0.6 is 23.3 Å². The number of nitrogens with one attached hydrogen (secondary N) is 1. The molecule has 0 unspecified atom stereocenters. The Morgan fingerprint density at radius 3 is 2.62 bits per heavy atom. The lowest BCUT2D eigenvalue weighted by atomic mass is 9.72. The first kappa shape index (κ1) is 24.4. The van der Waals surface area contributed by atoms with Gasteiger partial charge in [0.15, 0.2) is 0 Å². The molecule has 4 rings (SSSR count). The lowest BCUT2D eigenvalue weighted by Gasteiger charge is -2.34. The molecule has 2 N–H and O–H groups in total. The van der Waals surface area contributed by atoms with Gasteiger partial charge >= 0.3 is 5.97 Å². The van der Waals surface area contributed by atoms with Gasteiger partial charge in [-0.15, -0.1) is 11.3 Å². The third-order valence-corrected chi connectivity index (χ3v) is 7.89. The molecule has 1 aliphatic rings. The fourth-order valence-corrected chi connectivity index (χ4v) is 5.62. The molecule has 10 heteroatoms. The van der Waals surface area contributed by atoms with Crippen LogP contribution in [0.5, 0.6) is 5.75 Å². The molecule has 0 saturated heterocycles. The molecule has 0 aliphatic heterocycles. The molecule has 1 fully saturated rings. The normalized spacial score (nSPS) is 15.8. The quantitative estimate of drug-likeness (QED) is 0.335. The van der Waals surface area contributed by atoms with Crippen molar-refractivity contribution in [3.63, 3.8) is 0 Å².